The molecule has 6 atom stereocenters. The monoisotopic (exact) mass is 848 g/mol. The van der Waals surface area contributed by atoms with E-state index >= 15 is 4.79 Å². The van der Waals surface area contributed by atoms with E-state index in [4.69, 9.17) is 9.47 Å². The Bertz CT molecular complexity index is 2190. The predicted octanol–water partition coefficient (Wildman–Crippen LogP) is 4.55. The second-order valence-corrected chi connectivity index (χ2v) is 22.5. The molecule has 1 spiro atoms. The number of ether oxygens (including phenoxy) is 2. The van der Waals surface area contributed by atoms with Crippen molar-refractivity contribution >= 4 is 48.0 Å². The molecule has 5 heterocycles. The van der Waals surface area contributed by atoms with E-state index in [9.17, 15) is 14.7 Å². The Balaban J connectivity index is 1.14. The van der Waals surface area contributed by atoms with Gasteiger partial charge >= 0.3 is 0 Å². The van der Waals surface area contributed by atoms with E-state index in [1.165, 1.54) is 5.19 Å². The first kappa shape index (κ1) is 42.7. The topological polar surface area (TPSA) is 172 Å². The van der Waals surface area contributed by atoms with Crippen LogP contribution in [0.3, 0.4) is 0 Å². The van der Waals surface area contributed by atoms with Crippen molar-refractivity contribution in [1.29, 1.82) is 0 Å². The van der Waals surface area contributed by atoms with Crippen molar-refractivity contribution in [3.8, 4) is 5.75 Å². The zero-order valence-corrected chi connectivity index (χ0v) is 36.8. The molecule has 3 fully saturated rings. The number of aliphatic hydroxyl groups excluding tert-OH is 1. The van der Waals surface area contributed by atoms with Gasteiger partial charge in [0.15, 0.2) is 5.60 Å². The highest BCUT2D eigenvalue weighted by Gasteiger charge is 2.66. The van der Waals surface area contributed by atoms with E-state index < -0.39 is 13.7 Å². The number of benzene rings is 3. The van der Waals surface area contributed by atoms with Crippen molar-refractivity contribution in [3.63, 3.8) is 0 Å². The molecule has 61 heavy (non-hydrogen) atoms. The number of hydrogen-bond acceptors (Lipinski definition) is 10. The van der Waals surface area contributed by atoms with Gasteiger partial charge < -0.3 is 40.7 Å². The van der Waals surface area contributed by atoms with Crippen LogP contribution in [0, 0.1) is 17.8 Å². The fourth-order valence-corrected chi connectivity index (χ4v) is 14.3. The van der Waals surface area contributed by atoms with Gasteiger partial charge in [0.05, 0.1) is 51.0 Å². The van der Waals surface area contributed by atoms with Gasteiger partial charge in [-0.15, -0.1) is 5.10 Å². The van der Waals surface area contributed by atoms with Crippen LogP contribution in [0.5, 0.6) is 5.75 Å². The van der Waals surface area contributed by atoms with Gasteiger partial charge in [-0.05, 0) is 98.8 Å². The Labute approximate surface area is 359 Å². The summed E-state index contributed by atoms with van der Waals surface area (Å²) in [7, 11) is -0.767. The SMILES string of the molecule is COc1ccc([Si](C)(C)[C@@H]2[C@@H](CCn3cc(CCO)nn3)O[C@]3(C(=O)N(Cc4ccc(NC(=O)C5CCCNC5)cc4)c4ccc(NC(=O)C5CCCNC5)cc43)[C@H]2C)cc1. The van der Waals surface area contributed by atoms with E-state index in [2.05, 4.69) is 63.7 Å². The Kier molecular flexibility index (Phi) is 12.7. The second-order valence-electron chi connectivity index (χ2n) is 17.8. The number of aliphatic hydroxyl groups is 1. The average molecular weight is 849 g/mol. The van der Waals surface area contributed by atoms with E-state index in [1.807, 2.05) is 65.7 Å². The maximum absolute atomic E-state index is 15.5. The molecule has 1 aromatic heterocycles. The minimum absolute atomic E-state index is 0.00750. The molecule has 3 aromatic carbocycles. The molecule has 3 amide bonds. The summed E-state index contributed by atoms with van der Waals surface area (Å²) >= 11 is 0. The number of aromatic nitrogens is 3. The molecular weight excluding hydrogens is 789 g/mol. The van der Waals surface area contributed by atoms with Crippen molar-refractivity contribution in [1.82, 2.24) is 25.6 Å². The summed E-state index contributed by atoms with van der Waals surface area (Å²) in [6, 6.07) is 21.9. The molecule has 324 valence electrons. The van der Waals surface area contributed by atoms with E-state index in [1.54, 1.807) is 11.8 Å². The summed E-state index contributed by atoms with van der Waals surface area (Å²) < 4.78 is 14.7. The van der Waals surface area contributed by atoms with Gasteiger partial charge in [0.1, 0.15) is 5.75 Å². The molecule has 14 nitrogen and oxygen atoms in total. The number of anilines is 3. The third-order valence-electron chi connectivity index (χ3n) is 13.6. The summed E-state index contributed by atoms with van der Waals surface area (Å²) in [4.78, 5) is 44.0. The number of carbonyl (C=O) groups excluding carboxylic acids is 3. The number of carbonyl (C=O) groups is 3. The number of methoxy groups -OCH3 is 1. The normalized spacial score (nSPS) is 25.1. The van der Waals surface area contributed by atoms with Crippen LogP contribution in [0.4, 0.5) is 17.1 Å². The lowest BCUT2D eigenvalue weighted by Crippen LogP contribution is -2.51. The smallest absolute Gasteiger partial charge is 0.264 e. The molecule has 8 rings (SSSR count). The molecule has 4 aliphatic rings. The van der Waals surface area contributed by atoms with Gasteiger partial charge in [0, 0.05) is 61.7 Å². The summed E-state index contributed by atoms with van der Waals surface area (Å²) in [6.07, 6.45) is 6.16. The molecule has 15 heteroatoms. The third kappa shape index (κ3) is 8.63. The fourth-order valence-electron chi connectivity index (χ4n) is 10.3. The fraction of sp³-hybridized carbons (Fsp3) is 0.500. The van der Waals surface area contributed by atoms with Crippen molar-refractivity contribution in [2.75, 3.05) is 55.4 Å². The Hall–Kier alpha value is -4.93. The molecule has 0 saturated carbocycles. The van der Waals surface area contributed by atoms with Gasteiger partial charge in [-0.3, -0.25) is 19.1 Å². The van der Waals surface area contributed by atoms with E-state index in [-0.39, 0.29) is 53.7 Å². The number of amides is 3. The standard InChI is InChI=1S/C46H60N8O6Si/c1-30-42(61(3,4)38-16-14-37(59-2)15-17-38)41(19-23-53-29-36(20-24-55)51-52-53)60-46(30)39-25-35(50-44(57)33-8-6-22-48-27-33)13-18-40(39)54(45(46)58)28-31-9-11-34(12-10-31)49-43(56)32-7-5-21-47-26-32/h9-18,25,29-30,32-33,41-42,47-48,55H,5-8,19-24,26-28H2,1-4H3,(H,49,56)(H,50,57)/t30-,32?,33?,41+,42-,46+/m0/s1. The van der Waals surface area contributed by atoms with Crippen LogP contribution >= 0.6 is 0 Å². The van der Waals surface area contributed by atoms with Crippen molar-refractivity contribution in [2.45, 2.75) is 88.9 Å². The molecule has 2 unspecified atom stereocenters. The van der Waals surface area contributed by atoms with E-state index in [0.717, 1.165) is 72.7 Å². The van der Waals surface area contributed by atoms with Crippen LogP contribution in [0.15, 0.2) is 72.9 Å². The van der Waals surface area contributed by atoms with Crippen LogP contribution in [-0.2, 0) is 44.2 Å². The first-order chi connectivity index (χ1) is 29.5. The Morgan fingerprint density at radius 1 is 0.951 bits per heavy atom. The van der Waals surface area contributed by atoms with Crippen molar-refractivity contribution in [2.24, 2.45) is 17.8 Å². The molecule has 0 radical (unpaired) electrons. The molecular formula is C46H60N8O6Si. The first-order valence-electron chi connectivity index (χ1n) is 21.9. The van der Waals surface area contributed by atoms with Gasteiger partial charge in [0.2, 0.25) is 11.8 Å². The Morgan fingerprint density at radius 3 is 2.23 bits per heavy atom. The summed E-state index contributed by atoms with van der Waals surface area (Å²) in [5.41, 5.74) is 3.16. The zero-order chi connectivity index (χ0) is 42.7. The highest BCUT2D eigenvalue weighted by atomic mass is 28.3. The quantitative estimate of drug-likeness (QED) is 0.114. The van der Waals surface area contributed by atoms with Crippen LogP contribution < -0.4 is 36.1 Å². The van der Waals surface area contributed by atoms with Gasteiger partial charge in [-0.25, -0.2) is 0 Å². The van der Waals surface area contributed by atoms with Crippen molar-refractivity contribution < 1.29 is 29.0 Å². The lowest BCUT2D eigenvalue weighted by atomic mass is 9.82. The van der Waals surface area contributed by atoms with Crippen LogP contribution in [0.2, 0.25) is 18.6 Å². The lowest BCUT2D eigenvalue weighted by molar-refractivity contribution is -0.146. The maximum atomic E-state index is 15.5. The van der Waals surface area contributed by atoms with Gasteiger partial charge in [-0.2, -0.15) is 0 Å². The maximum Gasteiger partial charge on any atom is 0.264 e. The van der Waals surface area contributed by atoms with Crippen LogP contribution in [0.25, 0.3) is 0 Å². The molecule has 4 aliphatic heterocycles. The lowest BCUT2D eigenvalue weighted by Gasteiger charge is -2.37. The molecule has 3 saturated heterocycles. The average Bonchev–Trinajstić information content (AvgIpc) is 3.93. The second kappa shape index (κ2) is 18.2. The number of nitrogens with one attached hydrogen (secondary N) is 4. The summed E-state index contributed by atoms with van der Waals surface area (Å²) in [6.45, 7) is 10.9. The molecule has 0 bridgehead atoms. The van der Waals surface area contributed by atoms with E-state index in [0.29, 0.717) is 44.7 Å². The summed E-state index contributed by atoms with van der Waals surface area (Å²) in [5.74, 6) is 0.188. The summed E-state index contributed by atoms with van der Waals surface area (Å²) in [5, 5.41) is 32.3. The van der Waals surface area contributed by atoms with Crippen molar-refractivity contribution in [3.05, 3.63) is 89.7 Å². The van der Waals surface area contributed by atoms with Crippen LogP contribution in [-0.4, -0.2) is 91.9 Å². The number of nitrogens with zero attached hydrogens (tertiary/aromatic N) is 4. The Morgan fingerprint density at radius 2 is 1.61 bits per heavy atom. The number of aryl methyl sites for hydroxylation is 1. The van der Waals surface area contributed by atoms with Gasteiger partial charge in [0.25, 0.3) is 5.91 Å². The third-order valence-corrected chi connectivity index (χ3v) is 18.0. The minimum Gasteiger partial charge on any atom is -0.497 e. The predicted molar refractivity (Wildman–Crippen MR) is 238 cm³/mol. The highest BCUT2D eigenvalue weighted by Crippen LogP contribution is 2.60. The van der Waals surface area contributed by atoms with Crippen LogP contribution in [0.1, 0.15) is 55.8 Å². The molecule has 5 N–H and O–H groups in total. The highest BCUT2D eigenvalue weighted by molar-refractivity contribution is 6.91. The molecule has 0 aliphatic carbocycles. The number of fused-ring (bicyclic) bond motifs is 2. The first-order valence-corrected chi connectivity index (χ1v) is 25.0. The largest absolute Gasteiger partial charge is 0.497 e. The zero-order valence-electron chi connectivity index (χ0n) is 35.8. The number of piperidine rings is 2. The van der Waals surface area contributed by atoms with Gasteiger partial charge in [-0.1, -0.05) is 54.7 Å². The molecule has 4 aromatic rings. The number of rotatable bonds is 14. The number of hydrogen-bond donors (Lipinski definition) is 5. The minimum atomic E-state index is -2.43.